The highest BCUT2D eigenvalue weighted by Gasteiger charge is 2.91. The zero-order chi connectivity index (χ0) is 21.7. The standard InChI is InChI=1S/C9HF15O2/c10-1(3(25)26)2(11)4(12,13)5(14,15)6(16,17)7(18,19)8(20,21)9(22,23)24/h(H,25,26). The van der Waals surface area contributed by atoms with E-state index in [2.05, 4.69) is 0 Å². The van der Waals surface area contributed by atoms with E-state index in [1.165, 1.54) is 0 Å². The Labute approximate surface area is 130 Å². The quantitative estimate of drug-likeness (QED) is 0.482. The fraction of sp³-hybridized carbons (Fsp3) is 0.667. The molecular weight excluding hydrogens is 425 g/mol. The normalized spacial score (nSPS) is 16.4. The van der Waals surface area contributed by atoms with Crippen molar-refractivity contribution in [3.8, 4) is 0 Å². The van der Waals surface area contributed by atoms with Crippen molar-refractivity contribution in [2.24, 2.45) is 0 Å². The molecule has 154 valence electrons. The third-order valence-electron chi connectivity index (χ3n) is 2.59. The summed E-state index contributed by atoms with van der Waals surface area (Å²) >= 11 is 0. The Hall–Kier alpha value is -1.84. The molecule has 0 heterocycles. The van der Waals surface area contributed by atoms with Crippen LogP contribution in [0.1, 0.15) is 0 Å². The van der Waals surface area contributed by atoms with Gasteiger partial charge in [-0.15, -0.1) is 0 Å². The number of carboxylic acid groups (broad SMARTS) is 1. The van der Waals surface area contributed by atoms with Crippen LogP contribution < -0.4 is 0 Å². The first-order valence-corrected chi connectivity index (χ1v) is 5.26. The lowest BCUT2D eigenvalue weighted by Crippen LogP contribution is -2.70. The minimum atomic E-state index is -8.35. The Morgan fingerprint density at radius 1 is 0.577 bits per heavy atom. The summed E-state index contributed by atoms with van der Waals surface area (Å²) in [5.41, 5.74) is 0. The molecule has 0 fully saturated rings. The monoisotopic (exact) mass is 426 g/mol. The van der Waals surface area contributed by atoms with E-state index in [4.69, 9.17) is 5.11 Å². The molecule has 0 aromatic rings. The fourth-order valence-corrected chi connectivity index (χ4v) is 1.14. The highest BCUT2D eigenvalue weighted by molar-refractivity contribution is 5.84. The molecule has 0 amide bonds. The average molecular weight is 426 g/mol. The van der Waals surface area contributed by atoms with Gasteiger partial charge < -0.3 is 5.11 Å². The molecule has 0 aliphatic heterocycles. The molecule has 0 bridgehead atoms. The minimum absolute atomic E-state index is 3.44. The van der Waals surface area contributed by atoms with E-state index in [0.717, 1.165) is 0 Å². The van der Waals surface area contributed by atoms with Crippen LogP contribution in [0.3, 0.4) is 0 Å². The summed E-state index contributed by atoms with van der Waals surface area (Å²) in [5.74, 6) is -52.4. The lowest BCUT2D eigenvalue weighted by atomic mass is 9.93. The van der Waals surface area contributed by atoms with Crippen molar-refractivity contribution in [3.05, 3.63) is 11.7 Å². The molecule has 2 nitrogen and oxygen atoms in total. The molecule has 0 saturated heterocycles. The summed E-state index contributed by atoms with van der Waals surface area (Å²) < 4.78 is 188. The molecule has 0 rings (SSSR count). The topological polar surface area (TPSA) is 37.3 Å². The van der Waals surface area contributed by atoms with Gasteiger partial charge in [-0.1, -0.05) is 0 Å². The summed E-state index contributed by atoms with van der Waals surface area (Å²) in [5, 5.41) is 7.72. The number of hydrogen-bond donors (Lipinski definition) is 1. The molecule has 0 aromatic carbocycles. The number of halogens is 15. The molecule has 0 aromatic heterocycles. The van der Waals surface area contributed by atoms with Gasteiger partial charge >= 0.3 is 41.8 Å². The first-order chi connectivity index (χ1) is 11.0. The summed E-state index contributed by atoms with van der Waals surface area (Å²) in [6.45, 7) is 0. The number of rotatable bonds is 6. The van der Waals surface area contributed by atoms with Gasteiger partial charge in [-0.05, 0) is 0 Å². The lowest BCUT2D eigenvalue weighted by molar-refractivity contribution is -0.437. The average Bonchev–Trinajstić information content (AvgIpc) is 2.43. The van der Waals surface area contributed by atoms with Crippen LogP contribution in [0.5, 0.6) is 0 Å². The highest BCUT2D eigenvalue weighted by atomic mass is 19.4. The van der Waals surface area contributed by atoms with Crippen molar-refractivity contribution in [1.82, 2.24) is 0 Å². The van der Waals surface area contributed by atoms with E-state index >= 15 is 0 Å². The van der Waals surface area contributed by atoms with Gasteiger partial charge in [-0.3, -0.25) is 0 Å². The Bertz CT molecular complexity index is 599. The smallest absolute Gasteiger partial charge is 0.460 e. The van der Waals surface area contributed by atoms with Gasteiger partial charge in [-0.2, -0.15) is 61.5 Å². The largest absolute Gasteiger partial charge is 0.476 e. The van der Waals surface area contributed by atoms with Crippen LogP contribution in [0.25, 0.3) is 0 Å². The molecule has 1 N–H and O–H groups in total. The number of allylic oxidation sites excluding steroid dienone is 1. The summed E-state index contributed by atoms with van der Waals surface area (Å²) in [6.07, 6.45) is -7.66. The van der Waals surface area contributed by atoms with E-state index in [1.807, 2.05) is 0 Å². The number of aliphatic carboxylic acids is 1. The lowest BCUT2D eigenvalue weighted by Gasteiger charge is -2.39. The molecule has 0 aliphatic rings. The molecule has 0 aliphatic carbocycles. The molecule has 0 radical (unpaired) electrons. The van der Waals surface area contributed by atoms with Crippen LogP contribution in [0.15, 0.2) is 11.7 Å². The zero-order valence-corrected chi connectivity index (χ0v) is 11.0. The molecule has 26 heavy (non-hydrogen) atoms. The number of alkyl halides is 13. The summed E-state index contributed by atoms with van der Waals surface area (Å²) in [6, 6.07) is 0. The Balaban J connectivity index is 6.61. The maximum absolute atomic E-state index is 13.0. The molecule has 0 saturated carbocycles. The Kier molecular flexibility index (Phi) is 5.67. The van der Waals surface area contributed by atoms with Gasteiger partial charge in [0.25, 0.3) is 0 Å². The highest BCUT2D eigenvalue weighted by Crippen LogP contribution is 2.61. The van der Waals surface area contributed by atoms with Crippen LogP contribution in [-0.2, 0) is 4.79 Å². The van der Waals surface area contributed by atoms with Gasteiger partial charge in [-0.25, -0.2) is 9.18 Å². The third-order valence-corrected chi connectivity index (χ3v) is 2.59. The molecule has 17 heteroatoms. The van der Waals surface area contributed by atoms with E-state index in [0.29, 0.717) is 0 Å². The van der Waals surface area contributed by atoms with Gasteiger partial charge in [0.15, 0.2) is 0 Å². The van der Waals surface area contributed by atoms with Crippen molar-refractivity contribution in [2.75, 3.05) is 0 Å². The maximum Gasteiger partial charge on any atom is 0.460 e. The van der Waals surface area contributed by atoms with Crippen LogP contribution in [0, 0.1) is 0 Å². The van der Waals surface area contributed by atoms with Crippen molar-refractivity contribution >= 4 is 5.97 Å². The number of carboxylic acids is 1. The van der Waals surface area contributed by atoms with Gasteiger partial charge in [0.2, 0.25) is 11.7 Å². The van der Waals surface area contributed by atoms with E-state index in [9.17, 15) is 70.7 Å². The predicted octanol–water partition coefficient (Wildman–Crippen LogP) is 4.96. The molecule has 0 spiro atoms. The van der Waals surface area contributed by atoms with Gasteiger partial charge in [0.05, 0.1) is 0 Å². The Morgan fingerprint density at radius 3 is 1.15 bits per heavy atom. The van der Waals surface area contributed by atoms with E-state index < -0.39 is 53.4 Å². The second-order valence-electron chi connectivity index (χ2n) is 4.30. The predicted molar refractivity (Wildman–Crippen MR) is 47.7 cm³/mol. The van der Waals surface area contributed by atoms with Crippen LogP contribution in [0.4, 0.5) is 65.9 Å². The minimum Gasteiger partial charge on any atom is -0.476 e. The van der Waals surface area contributed by atoms with Crippen LogP contribution >= 0.6 is 0 Å². The SMILES string of the molecule is O=C(O)C(F)=C(F)C(F)(F)C(F)(F)C(F)(F)C(F)(F)C(F)(F)C(F)(F)F. The maximum atomic E-state index is 13.0. The first-order valence-electron chi connectivity index (χ1n) is 5.26. The van der Waals surface area contributed by atoms with Gasteiger partial charge in [0.1, 0.15) is 0 Å². The third kappa shape index (κ3) is 3.04. The number of hydrogen-bond acceptors (Lipinski definition) is 1. The Morgan fingerprint density at radius 2 is 0.885 bits per heavy atom. The van der Waals surface area contributed by atoms with Crippen molar-refractivity contribution in [1.29, 1.82) is 0 Å². The van der Waals surface area contributed by atoms with Crippen molar-refractivity contribution in [3.63, 3.8) is 0 Å². The first kappa shape index (κ1) is 24.2. The van der Waals surface area contributed by atoms with E-state index in [1.54, 1.807) is 0 Å². The second kappa shape index (κ2) is 6.11. The molecular formula is C9HF15O2. The fourth-order valence-electron chi connectivity index (χ4n) is 1.14. The van der Waals surface area contributed by atoms with Crippen molar-refractivity contribution < 1.29 is 75.8 Å². The molecule has 0 unspecified atom stereocenters. The summed E-state index contributed by atoms with van der Waals surface area (Å²) in [4.78, 5) is 9.80. The number of carbonyl (C=O) groups is 1. The van der Waals surface area contributed by atoms with Crippen LogP contribution in [0.2, 0.25) is 0 Å². The van der Waals surface area contributed by atoms with Gasteiger partial charge in [0, 0.05) is 0 Å². The second-order valence-corrected chi connectivity index (χ2v) is 4.30. The van der Waals surface area contributed by atoms with Crippen molar-refractivity contribution in [2.45, 2.75) is 35.8 Å². The summed E-state index contributed by atoms with van der Waals surface area (Å²) in [7, 11) is 0. The van der Waals surface area contributed by atoms with Crippen LogP contribution in [-0.4, -0.2) is 46.9 Å². The zero-order valence-electron chi connectivity index (χ0n) is 11.0. The molecule has 0 atom stereocenters. The van der Waals surface area contributed by atoms with E-state index in [-0.39, 0.29) is 0 Å².